The Kier molecular flexibility index (Phi) is 6.32. The van der Waals surface area contributed by atoms with Gasteiger partial charge in [0.2, 0.25) is 0 Å². The molecule has 0 aliphatic rings. The van der Waals surface area contributed by atoms with E-state index in [0.29, 0.717) is 22.7 Å². The first-order valence-corrected chi connectivity index (χ1v) is 8.16. The summed E-state index contributed by atoms with van der Waals surface area (Å²) in [7, 11) is 0. The van der Waals surface area contributed by atoms with Gasteiger partial charge in [0, 0.05) is 30.5 Å². The summed E-state index contributed by atoms with van der Waals surface area (Å²) in [6.07, 6.45) is 3.83. The lowest BCUT2D eigenvalue weighted by molar-refractivity contribution is 0.0934. The van der Waals surface area contributed by atoms with E-state index in [4.69, 9.17) is 11.6 Å². The van der Waals surface area contributed by atoms with Crippen molar-refractivity contribution >= 4 is 23.4 Å². The fraction of sp³-hybridized carbons (Fsp3) is 0.278. The molecule has 5 nitrogen and oxygen atoms in total. The quantitative estimate of drug-likeness (QED) is 0.844. The van der Waals surface area contributed by atoms with Gasteiger partial charge in [-0.3, -0.25) is 14.6 Å². The number of carbonyl (C=O) groups excluding carboxylic acids is 2. The van der Waals surface area contributed by atoms with E-state index >= 15 is 0 Å². The number of nitrogens with one attached hydrogen (secondary N) is 2. The maximum atomic E-state index is 12.1. The Balaban J connectivity index is 1.93. The minimum atomic E-state index is -0.263. The van der Waals surface area contributed by atoms with Gasteiger partial charge in [-0.15, -0.1) is 0 Å². The third-order valence-corrected chi connectivity index (χ3v) is 3.98. The van der Waals surface area contributed by atoms with Crippen LogP contribution in [0.15, 0.2) is 42.7 Å². The van der Waals surface area contributed by atoms with Gasteiger partial charge in [0.05, 0.1) is 10.6 Å². The van der Waals surface area contributed by atoms with Gasteiger partial charge in [0.25, 0.3) is 11.8 Å². The Labute approximate surface area is 146 Å². The molecular weight excluding hydrogens is 326 g/mol. The Bertz CT molecular complexity index is 716. The number of amides is 2. The van der Waals surface area contributed by atoms with Crippen molar-refractivity contribution in [3.8, 4) is 0 Å². The molecule has 0 bridgehead atoms. The molecule has 0 fully saturated rings. The van der Waals surface area contributed by atoms with E-state index in [1.54, 1.807) is 18.2 Å². The smallest absolute Gasteiger partial charge is 0.253 e. The molecule has 0 saturated heterocycles. The number of pyridine rings is 1. The molecule has 2 rings (SSSR count). The minimum absolute atomic E-state index is 0.0940. The van der Waals surface area contributed by atoms with Crippen LogP contribution >= 0.6 is 11.6 Å². The molecule has 1 aromatic carbocycles. The summed E-state index contributed by atoms with van der Waals surface area (Å²) < 4.78 is 0. The predicted molar refractivity (Wildman–Crippen MR) is 94.1 cm³/mol. The molecule has 24 heavy (non-hydrogen) atoms. The fourth-order valence-corrected chi connectivity index (χ4v) is 2.23. The summed E-state index contributed by atoms with van der Waals surface area (Å²) in [5, 5.41) is 6.02. The molecule has 0 saturated carbocycles. The van der Waals surface area contributed by atoms with Crippen LogP contribution in [0.3, 0.4) is 0 Å². The minimum Gasteiger partial charge on any atom is -0.350 e. The average molecular weight is 346 g/mol. The van der Waals surface area contributed by atoms with E-state index in [0.717, 1.165) is 12.0 Å². The van der Waals surface area contributed by atoms with Crippen LogP contribution < -0.4 is 10.6 Å². The molecule has 0 aliphatic carbocycles. The third-order valence-electron chi connectivity index (χ3n) is 3.68. The zero-order valence-electron chi connectivity index (χ0n) is 13.7. The number of aromatic nitrogens is 1. The molecule has 1 atom stereocenters. The van der Waals surface area contributed by atoms with Gasteiger partial charge >= 0.3 is 0 Å². The van der Waals surface area contributed by atoms with Crippen molar-refractivity contribution in [2.45, 2.75) is 32.9 Å². The summed E-state index contributed by atoms with van der Waals surface area (Å²) in [6, 6.07) is 8.85. The molecule has 0 spiro atoms. The second kappa shape index (κ2) is 8.45. The Morgan fingerprint density at radius 1 is 1.17 bits per heavy atom. The highest BCUT2D eigenvalue weighted by atomic mass is 35.5. The number of hydrogen-bond acceptors (Lipinski definition) is 3. The van der Waals surface area contributed by atoms with Crippen LogP contribution in [0, 0.1) is 0 Å². The molecule has 2 aromatic rings. The molecule has 2 amide bonds. The van der Waals surface area contributed by atoms with Crippen molar-refractivity contribution in [3.63, 3.8) is 0 Å². The molecule has 0 aliphatic heterocycles. The van der Waals surface area contributed by atoms with Gasteiger partial charge in [0.15, 0.2) is 0 Å². The van der Waals surface area contributed by atoms with E-state index in [1.165, 1.54) is 12.4 Å². The number of carbonyl (C=O) groups is 2. The van der Waals surface area contributed by atoms with Crippen molar-refractivity contribution in [2.24, 2.45) is 0 Å². The second-order valence-electron chi connectivity index (χ2n) is 5.52. The Morgan fingerprint density at radius 2 is 1.88 bits per heavy atom. The maximum Gasteiger partial charge on any atom is 0.253 e. The van der Waals surface area contributed by atoms with Crippen LogP contribution in [-0.2, 0) is 6.54 Å². The number of rotatable bonds is 6. The highest BCUT2D eigenvalue weighted by Crippen LogP contribution is 2.13. The first-order valence-electron chi connectivity index (χ1n) is 7.78. The Hall–Kier alpha value is -2.40. The summed E-state index contributed by atoms with van der Waals surface area (Å²) in [5.74, 6) is -0.357. The zero-order chi connectivity index (χ0) is 17.5. The average Bonchev–Trinajstić information content (AvgIpc) is 2.60. The van der Waals surface area contributed by atoms with Crippen LogP contribution in [0.4, 0.5) is 0 Å². The second-order valence-corrected chi connectivity index (χ2v) is 5.93. The third kappa shape index (κ3) is 4.80. The van der Waals surface area contributed by atoms with Gasteiger partial charge in [-0.05, 0) is 37.1 Å². The first-order chi connectivity index (χ1) is 11.5. The van der Waals surface area contributed by atoms with Gasteiger partial charge in [0.1, 0.15) is 0 Å². The van der Waals surface area contributed by atoms with Crippen LogP contribution in [0.5, 0.6) is 0 Å². The molecule has 6 heteroatoms. The maximum absolute atomic E-state index is 12.1. The van der Waals surface area contributed by atoms with E-state index in [2.05, 4.69) is 15.6 Å². The van der Waals surface area contributed by atoms with E-state index in [9.17, 15) is 9.59 Å². The first kappa shape index (κ1) is 17.9. The lowest BCUT2D eigenvalue weighted by Crippen LogP contribution is -2.31. The molecular formula is C18H20ClN3O2. The lowest BCUT2D eigenvalue weighted by atomic mass is 10.1. The summed E-state index contributed by atoms with van der Waals surface area (Å²) in [6.45, 7) is 4.34. The highest BCUT2D eigenvalue weighted by Gasteiger charge is 2.10. The molecule has 2 N–H and O–H groups in total. The van der Waals surface area contributed by atoms with Gasteiger partial charge in [-0.25, -0.2) is 0 Å². The van der Waals surface area contributed by atoms with Crippen LogP contribution in [0.1, 0.15) is 46.5 Å². The monoisotopic (exact) mass is 345 g/mol. The Morgan fingerprint density at radius 3 is 2.50 bits per heavy atom. The molecule has 0 radical (unpaired) electrons. The van der Waals surface area contributed by atoms with Crippen molar-refractivity contribution in [3.05, 3.63) is 64.4 Å². The van der Waals surface area contributed by atoms with Gasteiger partial charge in [-0.2, -0.15) is 0 Å². The number of benzene rings is 1. The SMILES string of the molecule is CC[C@@H](C)NC(=O)c1ccc(CNC(=O)c2ccncc2Cl)cc1. The number of hydrogen-bond donors (Lipinski definition) is 2. The van der Waals surface area contributed by atoms with Gasteiger partial charge < -0.3 is 10.6 Å². The highest BCUT2D eigenvalue weighted by molar-refractivity contribution is 6.33. The number of halogens is 1. The molecule has 126 valence electrons. The van der Waals surface area contributed by atoms with E-state index in [-0.39, 0.29) is 17.9 Å². The van der Waals surface area contributed by atoms with E-state index in [1.807, 2.05) is 26.0 Å². The number of nitrogens with zero attached hydrogens (tertiary/aromatic N) is 1. The van der Waals surface area contributed by atoms with E-state index < -0.39 is 0 Å². The topological polar surface area (TPSA) is 71.1 Å². The molecule has 1 aromatic heterocycles. The summed E-state index contributed by atoms with van der Waals surface area (Å²) in [5.41, 5.74) is 1.88. The largest absolute Gasteiger partial charge is 0.350 e. The van der Waals surface area contributed by atoms with Crippen LogP contribution in [-0.4, -0.2) is 22.8 Å². The zero-order valence-corrected chi connectivity index (χ0v) is 14.4. The predicted octanol–water partition coefficient (Wildman–Crippen LogP) is 3.19. The van der Waals surface area contributed by atoms with Crippen molar-refractivity contribution in [1.29, 1.82) is 0 Å². The van der Waals surface area contributed by atoms with Crippen LogP contribution in [0.25, 0.3) is 0 Å². The summed E-state index contributed by atoms with van der Waals surface area (Å²) in [4.78, 5) is 27.9. The normalized spacial score (nSPS) is 11.6. The van der Waals surface area contributed by atoms with Crippen molar-refractivity contribution in [1.82, 2.24) is 15.6 Å². The standard InChI is InChI=1S/C18H20ClN3O2/c1-3-12(2)22-17(23)14-6-4-13(5-7-14)10-21-18(24)15-8-9-20-11-16(15)19/h4-9,11-12H,3,10H2,1-2H3,(H,21,24)(H,22,23)/t12-/m1/s1. The lowest BCUT2D eigenvalue weighted by Gasteiger charge is -2.12. The van der Waals surface area contributed by atoms with Crippen molar-refractivity contribution in [2.75, 3.05) is 0 Å². The van der Waals surface area contributed by atoms with Crippen molar-refractivity contribution < 1.29 is 9.59 Å². The molecule has 0 unspecified atom stereocenters. The molecule has 1 heterocycles. The summed E-state index contributed by atoms with van der Waals surface area (Å²) >= 11 is 5.94. The van der Waals surface area contributed by atoms with Crippen LogP contribution in [0.2, 0.25) is 5.02 Å². The fourth-order valence-electron chi connectivity index (χ4n) is 2.02. The van der Waals surface area contributed by atoms with Gasteiger partial charge in [-0.1, -0.05) is 30.7 Å².